The Hall–Kier alpha value is -1.82. The summed E-state index contributed by atoms with van der Waals surface area (Å²) in [6.45, 7) is 2.97. The number of hydrogen-bond acceptors (Lipinski definition) is 4. The third-order valence-electron chi connectivity index (χ3n) is 2.74. The first-order valence-corrected chi connectivity index (χ1v) is 5.40. The van der Waals surface area contributed by atoms with Gasteiger partial charge in [0, 0.05) is 19.6 Å². The number of furan rings is 1. The highest BCUT2D eigenvalue weighted by molar-refractivity contribution is 5.94. The molecule has 1 saturated heterocycles. The van der Waals surface area contributed by atoms with E-state index in [0.29, 0.717) is 18.8 Å². The smallest absolute Gasteiger partial charge is 0.327 e. The number of nitrogens with zero attached hydrogens (tertiary/aromatic N) is 1. The van der Waals surface area contributed by atoms with Crippen LogP contribution in [0, 0.1) is 6.92 Å². The van der Waals surface area contributed by atoms with Gasteiger partial charge in [0.15, 0.2) is 5.76 Å². The average molecular weight is 238 g/mol. The summed E-state index contributed by atoms with van der Waals surface area (Å²) in [7, 11) is 0. The molecule has 2 rings (SSSR count). The summed E-state index contributed by atoms with van der Waals surface area (Å²) in [5.41, 5.74) is 0. The monoisotopic (exact) mass is 238 g/mol. The number of amides is 1. The van der Waals surface area contributed by atoms with E-state index >= 15 is 0 Å². The second kappa shape index (κ2) is 4.58. The Bertz CT molecular complexity index is 440. The van der Waals surface area contributed by atoms with Crippen molar-refractivity contribution >= 4 is 11.9 Å². The number of aliphatic carboxylic acids is 1. The molecule has 0 aliphatic carbocycles. The minimum absolute atomic E-state index is 0.190. The van der Waals surface area contributed by atoms with Crippen molar-refractivity contribution < 1.29 is 19.1 Å². The lowest BCUT2D eigenvalue weighted by Gasteiger charge is -2.32. The van der Waals surface area contributed by atoms with E-state index in [1.807, 2.05) is 0 Å². The Morgan fingerprint density at radius 3 is 2.88 bits per heavy atom. The topological polar surface area (TPSA) is 82.8 Å². The predicted octanol–water partition coefficient (Wildman–Crippen LogP) is 0.0866. The van der Waals surface area contributed by atoms with E-state index in [2.05, 4.69) is 5.32 Å². The number of aryl methyl sites for hydroxylation is 1. The number of nitrogens with one attached hydrogen (secondary N) is 1. The molecule has 1 aliphatic heterocycles. The van der Waals surface area contributed by atoms with Gasteiger partial charge in [-0.2, -0.15) is 0 Å². The van der Waals surface area contributed by atoms with Crippen LogP contribution in [0.15, 0.2) is 16.5 Å². The average Bonchev–Trinajstić information content (AvgIpc) is 2.75. The number of carboxylic acids is 1. The summed E-state index contributed by atoms with van der Waals surface area (Å²) < 4.78 is 5.22. The van der Waals surface area contributed by atoms with Crippen LogP contribution < -0.4 is 5.32 Å². The van der Waals surface area contributed by atoms with Crippen molar-refractivity contribution in [2.45, 2.75) is 13.0 Å². The third-order valence-corrected chi connectivity index (χ3v) is 2.74. The van der Waals surface area contributed by atoms with Gasteiger partial charge >= 0.3 is 5.97 Å². The molecule has 6 heteroatoms. The Labute approximate surface area is 98.2 Å². The lowest BCUT2D eigenvalue weighted by molar-refractivity contribution is -0.142. The van der Waals surface area contributed by atoms with Crippen molar-refractivity contribution in [3.8, 4) is 0 Å². The van der Waals surface area contributed by atoms with Gasteiger partial charge in [0.25, 0.3) is 5.91 Å². The first-order chi connectivity index (χ1) is 8.09. The number of carbonyl (C=O) groups excluding carboxylic acids is 1. The van der Waals surface area contributed by atoms with Gasteiger partial charge in [-0.3, -0.25) is 4.79 Å². The summed E-state index contributed by atoms with van der Waals surface area (Å²) in [5, 5.41) is 12.0. The molecule has 17 heavy (non-hydrogen) atoms. The van der Waals surface area contributed by atoms with Gasteiger partial charge < -0.3 is 19.7 Å². The Morgan fingerprint density at radius 2 is 2.29 bits per heavy atom. The van der Waals surface area contributed by atoms with Crippen molar-refractivity contribution in [3.05, 3.63) is 23.7 Å². The second-order valence-electron chi connectivity index (χ2n) is 3.97. The van der Waals surface area contributed by atoms with Crippen LogP contribution >= 0.6 is 0 Å². The highest BCUT2D eigenvalue weighted by Crippen LogP contribution is 2.13. The first kappa shape index (κ1) is 11.7. The van der Waals surface area contributed by atoms with Crippen LogP contribution in [0.1, 0.15) is 16.3 Å². The minimum Gasteiger partial charge on any atom is -0.480 e. The van der Waals surface area contributed by atoms with Crippen LogP contribution in [0.3, 0.4) is 0 Å². The molecule has 0 spiro atoms. The summed E-state index contributed by atoms with van der Waals surface area (Å²) in [6.07, 6.45) is 0. The van der Waals surface area contributed by atoms with Gasteiger partial charge in [0.05, 0.1) is 0 Å². The molecule has 0 saturated carbocycles. The van der Waals surface area contributed by atoms with Gasteiger partial charge in [-0.15, -0.1) is 0 Å². The summed E-state index contributed by atoms with van der Waals surface area (Å²) in [5.74, 6) is -0.549. The quantitative estimate of drug-likeness (QED) is 0.762. The van der Waals surface area contributed by atoms with E-state index in [9.17, 15) is 9.59 Å². The number of hydrogen-bond donors (Lipinski definition) is 2. The molecular formula is C11H14N2O4. The SMILES string of the molecule is Cc1ccc(C(=O)N2CCNCC2C(=O)O)o1. The zero-order valence-electron chi connectivity index (χ0n) is 9.47. The van der Waals surface area contributed by atoms with Crippen molar-refractivity contribution in [3.63, 3.8) is 0 Å². The van der Waals surface area contributed by atoms with Gasteiger partial charge in [-0.1, -0.05) is 0 Å². The highest BCUT2D eigenvalue weighted by atomic mass is 16.4. The molecule has 0 aromatic carbocycles. The van der Waals surface area contributed by atoms with Crippen molar-refractivity contribution in [2.75, 3.05) is 19.6 Å². The van der Waals surface area contributed by atoms with Crippen LogP contribution in [-0.4, -0.2) is 47.6 Å². The van der Waals surface area contributed by atoms with Gasteiger partial charge in [0.1, 0.15) is 11.8 Å². The first-order valence-electron chi connectivity index (χ1n) is 5.40. The standard InChI is InChI=1S/C11H14N2O4/c1-7-2-3-9(17-7)10(14)13-5-4-12-6-8(13)11(15)16/h2-3,8,12H,4-6H2,1H3,(H,15,16). The van der Waals surface area contributed by atoms with Crippen molar-refractivity contribution in [2.24, 2.45) is 0 Å². The molecule has 1 unspecified atom stereocenters. The minimum atomic E-state index is -1.01. The molecule has 1 fully saturated rings. The zero-order valence-corrected chi connectivity index (χ0v) is 9.47. The van der Waals surface area contributed by atoms with Gasteiger partial charge in [-0.05, 0) is 19.1 Å². The van der Waals surface area contributed by atoms with Crippen LogP contribution in [0.4, 0.5) is 0 Å². The predicted molar refractivity (Wildman–Crippen MR) is 58.8 cm³/mol. The van der Waals surface area contributed by atoms with E-state index in [4.69, 9.17) is 9.52 Å². The summed E-state index contributed by atoms with van der Waals surface area (Å²) in [6, 6.07) is 2.42. The van der Waals surface area contributed by atoms with Crippen LogP contribution in [-0.2, 0) is 4.79 Å². The highest BCUT2D eigenvalue weighted by Gasteiger charge is 2.33. The number of carbonyl (C=O) groups is 2. The fraction of sp³-hybridized carbons (Fsp3) is 0.455. The fourth-order valence-corrected chi connectivity index (χ4v) is 1.86. The Kier molecular flexibility index (Phi) is 3.14. The number of piperazine rings is 1. The van der Waals surface area contributed by atoms with Gasteiger partial charge in [0.2, 0.25) is 0 Å². The number of carboxylic acid groups (broad SMARTS) is 1. The van der Waals surface area contributed by atoms with E-state index < -0.39 is 12.0 Å². The molecule has 0 bridgehead atoms. The fourth-order valence-electron chi connectivity index (χ4n) is 1.86. The van der Waals surface area contributed by atoms with E-state index in [1.54, 1.807) is 19.1 Å². The molecule has 0 radical (unpaired) electrons. The molecule has 1 aromatic rings. The third kappa shape index (κ3) is 2.31. The maximum atomic E-state index is 12.1. The van der Waals surface area contributed by atoms with E-state index in [1.165, 1.54) is 4.90 Å². The molecule has 2 N–H and O–H groups in total. The summed E-state index contributed by atoms with van der Waals surface area (Å²) in [4.78, 5) is 24.4. The van der Waals surface area contributed by atoms with Crippen molar-refractivity contribution in [1.29, 1.82) is 0 Å². The zero-order chi connectivity index (χ0) is 12.4. The molecule has 1 aliphatic rings. The van der Waals surface area contributed by atoms with Crippen molar-refractivity contribution in [1.82, 2.24) is 10.2 Å². The second-order valence-corrected chi connectivity index (χ2v) is 3.97. The van der Waals surface area contributed by atoms with Gasteiger partial charge in [-0.25, -0.2) is 4.79 Å². The molecule has 92 valence electrons. The molecule has 1 aromatic heterocycles. The molecular weight excluding hydrogens is 224 g/mol. The summed E-state index contributed by atoms with van der Waals surface area (Å²) >= 11 is 0. The maximum Gasteiger partial charge on any atom is 0.327 e. The molecule has 2 heterocycles. The van der Waals surface area contributed by atoms with E-state index in [-0.39, 0.29) is 18.2 Å². The molecule has 1 amide bonds. The lowest BCUT2D eigenvalue weighted by atomic mass is 10.2. The van der Waals surface area contributed by atoms with E-state index in [0.717, 1.165) is 0 Å². The van der Waals surface area contributed by atoms with Crippen LogP contribution in [0.25, 0.3) is 0 Å². The molecule has 6 nitrogen and oxygen atoms in total. The number of rotatable bonds is 2. The normalized spacial score (nSPS) is 20.3. The van der Waals surface area contributed by atoms with Crippen LogP contribution in [0.5, 0.6) is 0 Å². The molecule has 1 atom stereocenters. The maximum absolute atomic E-state index is 12.1. The lowest BCUT2D eigenvalue weighted by Crippen LogP contribution is -2.56. The Morgan fingerprint density at radius 1 is 1.53 bits per heavy atom. The Balaban J connectivity index is 2.19. The van der Waals surface area contributed by atoms with Crippen LogP contribution in [0.2, 0.25) is 0 Å². The largest absolute Gasteiger partial charge is 0.480 e.